The third kappa shape index (κ3) is 3.18. The Morgan fingerprint density at radius 3 is 1.31 bits per heavy atom. The molecule has 0 N–H and O–H groups in total. The minimum atomic E-state index is -3.96. The number of ether oxygens (including phenoxy) is 2. The molecule has 3 aromatic rings. The van der Waals surface area contributed by atoms with Crippen molar-refractivity contribution in [3.63, 3.8) is 0 Å². The Kier molecular flexibility index (Phi) is 4.72. The van der Waals surface area contributed by atoms with Gasteiger partial charge in [0.25, 0.3) is 18.1 Å². The lowest BCUT2D eigenvalue weighted by molar-refractivity contribution is 0.417. The van der Waals surface area contributed by atoms with Gasteiger partial charge in [-0.1, -0.05) is 0 Å². The molecule has 6 nitrogen and oxygen atoms in total. The summed E-state index contributed by atoms with van der Waals surface area (Å²) < 4.78 is 57.6. The minimum absolute atomic E-state index is 0.118. The zero-order chi connectivity index (χ0) is 19.3. The molecule has 0 bridgehead atoms. The Morgan fingerprint density at radius 2 is 1.00 bits per heavy atom. The molecular formula is C16H12Cl2O6S2. The summed E-state index contributed by atoms with van der Waals surface area (Å²) in [6.07, 6.45) is 0. The lowest BCUT2D eigenvalue weighted by Gasteiger charge is -2.16. The molecule has 0 spiro atoms. The van der Waals surface area contributed by atoms with Crippen LogP contribution >= 0.6 is 21.4 Å². The van der Waals surface area contributed by atoms with Crippen molar-refractivity contribution in [2.24, 2.45) is 0 Å². The molecule has 0 atom stereocenters. The number of fused-ring (bicyclic) bond motifs is 2. The number of halogens is 2. The van der Waals surface area contributed by atoms with Crippen LogP contribution in [0.2, 0.25) is 0 Å². The van der Waals surface area contributed by atoms with Gasteiger partial charge < -0.3 is 9.47 Å². The molecule has 3 aromatic carbocycles. The van der Waals surface area contributed by atoms with Crippen molar-refractivity contribution in [1.82, 2.24) is 0 Å². The minimum Gasteiger partial charge on any atom is -0.495 e. The summed E-state index contributed by atoms with van der Waals surface area (Å²) in [6, 6.07) is 8.52. The molecule has 0 aliphatic rings. The van der Waals surface area contributed by atoms with Crippen molar-refractivity contribution in [3.8, 4) is 11.5 Å². The third-order valence-corrected chi connectivity index (χ3v) is 6.63. The normalized spacial score (nSPS) is 12.5. The van der Waals surface area contributed by atoms with Crippen molar-refractivity contribution in [2.75, 3.05) is 14.2 Å². The number of methoxy groups -OCH3 is 2. The first-order valence-electron chi connectivity index (χ1n) is 7.08. The van der Waals surface area contributed by atoms with Crippen LogP contribution in [0.15, 0.2) is 46.2 Å². The maximum Gasteiger partial charge on any atom is 0.261 e. The molecule has 10 heteroatoms. The van der Waals surface area contributed by atoms with Gasteiger partial charge >= 0.3 is 0 Å². The molecule has 0 aliphatic carbocycles. The highest BCUT2D eigenvalue weighted by molar-refractivity contribution is 8.14. The second-order valence-corrected chi connectivity index (χ2v) is 10.5. The summed E-state index contributed by atoms with van der Waals surface area (Å²) in [5.74, 6) is 0.716. The number of hydrogen-bond donors (Lipinski definition) is 0. The van der Waals surface area contributed by atoms with E-state index in [0.29, 0.717) is 27.3 Å². The molecule has 0 saturated heterocycles. The Hall–Kier alpha value is -1.74. The SMILES string of the molecule is COc1c2ccc(S(=O)(=O)Cl)cc2c(OC)c2cc(S(=O)(=O)Cl)ccc12. The van der Waals surface area contributed by atoms with Crippen LogP contribution in [-0.4, -0.2) is 31.1 Å². The van der Waals surface area contributed by atoms with Crippen LogP contribution in [0.4, 0.5) is 0 Å². The smallest absolute Gasteiger partial charge is 0.261 e. The molecule has 26 heavy (non-hydrogen) atoms. The Labute approximate surface area is 159 Å². The maximum atomic E-state index is 11.7. The van der Waals surface area contributed by atoms with Gasteiger partial charge in [0, 0.05) is 42.9 Å². The van der Waals surface area contributed by atoms with Crippen LogP contribution in [-0.2, 0) is 18.1 Å². The van der Waals surface area contributed by atoms with Crippen LogP contribution in [0, 0.1) is 0 Å². The lowest BCUT2D eigenvalue weighted by atomic mass is 10.0. The summed E-state index contributed by atoms with van der Waals surface area (Å²) in [5, 5.41) is 1.98. The zero-order valence-electron chi connectivity index (χ0n) is 13.5. The Morgan fingerprint density at radius 1 is 0.654 bits per heavy atom. The molecule has 3 rings (SSSR count). The van der Waals surface area contributed by atoms with Gasteiger partial charge in [0.15, 0.2) is 0 Å². The predicted molar refractivity (Wildman–Crippen MR) is 101 cm³/mol. The van der Waals surface area contributed by atoms with Crippen LogP contribution in [0.25, 0.3) is 21.5 Å². The van der Waals surface area contributed by atoms with Gasteiger partial charge in [-0.05, 0) is 36.4 Å². The van der Waals surface area contributed by atoms with Crippen molar-refractivity contribution < 1.29 is 26.3 Å². The van der Waals surface area contributed by atoms with Crippen LogP contribution in [0.5, 0.6) is 11.5 Å². The van der Waals surface area contributed by atoms with E-state index in [1.807, 2.05) is 0 Å². The molecule has 0 fully saturated rings. The topological polar surface area (TPSA) is 86.7 Å². The molecular weight excluding hydrogens is 423 g/mol. The lowest BCUT2D eigenvalue weighted by Crippen LogP contribution is -1.97. The number of hydrogen-bond acceptors (Lipinski definition) is 6. The Bertz CT molecular complexity index is 1160. The van der Waals surface area contributed by atoms with Gasteiger partial charge in [-0.15, -0.1) is 0 Å². The van der Waals surface area contributed by atoms with Gasteiger partial charge in [0.2, 0.25) is 0 Å². The Balaban J connectivity index is 2.56. The average molecular weight is 435 g/mol. The quantitative estimate of drug-likeness (QED) is 0.457. The summed E-state index contributed by atoms with van der Waals surface area (Å²) >= 11 is 0. The first-order valence-corrected chi connectivity index (χ1v) is 11.7. The molecule has 0 unspecified atom stereocenters. The standard InChI is InChI=1S/C16H12Cl2O6S2/c1-23-15-11-5-3-9(25(17,19)20)7-13(11)16(24-2)14-8-10(26(18,21)22)4-6-12(14)15/h3-8H,1-2H3. The molecule has 0 amide bonds. The van der Waals surface area contributed by atoms with Crippen molar-refractivity contribution >= 4 is 61.0 Å². The first kappa shape index (κ1) is 19.0. The number of benzene rings is 3. The van der Waals surface area contributed by atoms with E-state index in [-0.39, 0.29) is 15.5 Å². The monoisotopic (exact) mass is 434 g/mol. The van der Waals surface area contributed by atoms with Crippen LogP contribution in [0.3, 0.4) is 0 Å². The number of rotatable bonds is 4. The first-order chi connectivity index (χ1) is 12.1. The van der Waals surface area contributed by atoms with Gasteiger partial charge in [-0.25, -0.2) is 16.8 Å². The van der Waals surface area contributed by atoms with E-state index in [2.05, 4.69) is 0 Å². The predicted octanol–water partition coefficient (Wildman–Crippen LogP) is 3.87. The fourth-order valence-corrected chi connectivity index (χ4v) is 4.41. The highest BCUT2D eigenvalue weighted by Gasteiger charge is 2.20. The van der Waals surface area contributed by atoms with Gasteiger partial charge in [-0.2, -0.15) is 0 Å². The van der Waals surface area contributed by atoms with E-state index < -0.39 is 18.1 Å². The fraction of sp³-hybridized carbons (Fsp3) is 0.125. The molecule has 0 aliphatic heterocycles. The van der Waals surface area contributed by atoms with E-state index in [0.717, 1.165) is 0 Å². The molecule has 0 aromatic heterocycles. The molecule has 0 heterocycles. The molecule has 0 saturated carbocycles. The molecule has 0 radical (unpaired) electrons. The summed E-state index contributed by atoms with van der Waals surface area (Å²) in [4.78, 5) is -0.236. The molecule has 138 valence electrons. The highest BCUT2D eigenvalue weighted by atomic mass is 35.7. The zero-order valence-corrected chi connectivity index (χ0v) is 16.6. The summed E-state index contributed by atoms with van der Waals surface area (Å²) in [5.41, 5.74) is 0. The van der Waals surface area contributed by atoms with E-state index in [4.69, 9.17) is 30.8 Å². The average Bonchev–Trinajstić information content (AvgIpc) is 2.56. The van der Waals surface area contributed by atoms with E-state index in [9.17, 15) is 16.8 Å². The summed E-state index contributed by atoms with van der Waals surface area (Å²) in [6.45, 7) is 0. The second-order valence-electron chi connectivity index (χ2n) is 5.36. The van der Waals surface area contributed by atoms with Crippen molar-refractivity contribution in [2.45, 2.75) is 9.79 Å². The van der Waals surface area contributed by atoms with Gasteiger partial charge in [-0.3, -0.25) is 0 Å². The van der Waals surface area contributed by atoms with Gasteiger partial charge in [0.1, 0.15) is 11.5 Å². The van der Waals surface area contributed by atoms with Crippen molar-refractivity contribution in [1.29, 1.82) is 0 Å². The summed E-state index contributed by atoms with van der Waals surface area (Å²) in [7, 11) is 5.79. The largest absolute Gasteiger partial charge is 0.495 e. The second kappa shape index (κ2) is 6.45. The van der Waals surface area contributed by atoms with Crippen molar-refractivity contribution in [3.05, 3.63) is 36.4 Å². The van der Waals surface area contributed by atoms with Crippen LogP contribution in [0.1, 0.15) is 0 Å². The van der Waals surface area contributed by atoms with E-state index >= 15 is 0 Å². The third-order valence-electron chi connectivity index (χ3n) is 3.93. The van der Waals surface area contributed by atoms with E-state index in [1.165, 1.54) is 38.5 Å². The maximum absolute atomic E-state index is 11.7. The highest BCUT2D eigenvalue weighted by Crippen LogP contribution is 2.44. The van der Waals surface area contributed by atoms with Crippen LogP contribution < -0.4 is 9.47 Å². The van der Waals surface area contributed by atoms with E-state index in [1.54, 1.807) is 12.1 Å². The van der Waals surface area contributed by atoms with Gasteiger partial charge in [0.05, 0.1) is 24.0 Å². The fourth-order valence-electron chi connectivity index (χ4n) is 2.85.